The Bertz CT molecular complexity index is 506. The van der Waals surface area contributed by atoms with Crippen LogP contribution in [0.25, 0.3) is 0 Å². The minimum atomic E-state index is -0.0434. The molecule has 0 bridgehead atoms. The predicted molar refractivity (Wildman–Crippen MR) is 74.4 cm³/mol. The predicted octanol–water partition coefficient (Wildman–Crippen LogP) is 0.334. The van der Waals surface area contributed by atoms with Crippen LogP contribution in [0.4, 0.5) is 0 Å². The van der Waals surface area contributed by atoms with E-state index in [0.29, 0.717) is 24.7 Å². The molecule has 3 rings (SSSR count). The van der Waals surface area contributed by atoms with Crippen molar-refractivity contribution in [3.63, 3.8) is 0 Å². The molecule has 2 saturated heterocycles. The zero-order valence-electron chi connectivity index (χ0n) is 11.7. The van der Waals surface area contributed by atoms with E-state index in [0.717, 1.165) is 18.7 Å². The highest BCUT2D eigenvalue weighted by atomic mass is 16.5. The molecule has 1 N–H and O–H groups in total. The Hall–Kier alpha value is -1.43. The number of ether oxygens (including phenoxy) is 1. The fourth-order valence-electron chi connectivity index (χ4n) is 3.01. The second-order valence-electron chi connectivity index (χ2n) is 5.53. The quantitative estimate of drug-likeness (QED) is 0.846. The van der Waals surface area contributed by atoms with Gasteiger partial charge in [-0.2, -0.15) is 0 Å². The molecule has 2 heterocycles. The number of amides is 1. The van der Waals surface area contributed by atoms with Crippen molar-refractivity contribution < 1.29 is 14.6 Å². The summed E-state index contributed by atoms with van der Waals surface area (Å²) in [6, 6.07) is 7.49. The maximum Gasteiger partial charge on any atom is 0.254 e. The van der Waals surface area contributed by atoms with Gasteiger partial charge in [0.1, 0.15) is 0 Å². The fraction of sp³-hybridized carbons (Fsp3) is 0.533. The molecule has 2 atom stereocenters. The number of likely N-dealkylation sites (tertiary alicyclic amines) is 1. The van der Waals surface area contributed by atoms with Gasteiger partial charge in [-0.25, -0.2) is 0 Å². The number of aliphatic hydroxyl groups is 1. The Labute approximate surface area is 118 Å². The first-order chi connectivity index (χ1) is 9.69. The maximum absolute atomic E-state index is 12.5. The number of morpholine rings is 1. The zero-order chi connectivity index (χ0) is 14.1. The standard InChI is InChI=1S/C15H20N2O3/c1-16-5-6-20-14-9-17(8-13(14)16)15(19)12-4-2-3-11(7-12)10-18/h2-4,7,13-14,18H,5-6,8-10H2,1H3/t13-,14+/m0/s1. The van der Waals surface area contributed by atoms with Crippen molar-refractivity contribution in [1.29, 1.82) is 0 Å². The molecule has 0 spiro atoms. The van der Waals surface area contributed by atoms with E-state index < -0.39 is 0 Å². The molecule has 0 radical (unpaired) electrons. The maximum atomic E-state index is 12.5. The van der Waals surface area contributed by atoms with Gasteiger partial charge in [0.05, 0.1) is 25.4 Å². The number of rotatable bonds is 2. The molecule has 0 saturated carbocycles. The number of likely N-dealkylation sites (N-methyl/N-ethyl adjacent to an activating group) is 1. The third-order valence-corrected chi connectivity index (χ3v) is 4.22. The lowest BCUT2D eigenvalue weighted by Gasteiger charge is -2.33. The summed E-state index contributed by atoms with van der Waals surface area (Å²) in [7, 11) is 2.08. The molecule has 2 aliphatic heterocycles. The summed E-state index contributed by atoms with van der Waals surface area (Å²) in [6.45, 7) is 2.97. The molecule has 2 fully saturated rings. The SMILES string of the molecule is CN1CCO[C@@H]2CN(C(=O)c3cccc(CO)c3)C[C@@H]21. The molecule has 1 aromatic rings. The van der Waals surface area contributed by atoms with Crippen LogP contribution in [0.1, 0.15) is 15.9 Å². The number of benzene rings is 1. The van der Waals surface area contributed by atoms with E-state index in [9.17, 15) is 4.79 Å². The van der Waals surface area contributed by atoms with Gasteiger partial charge >= 0.3 is 0 Å². The lowest BCUT2D eigenvalue weighted by molar-refractivity contribution is -0.0368. The Kier molecular flexibility index (Phi) is 3.74. The van der Waals surface area contributed by atoms with Gasteiger partial charge in [0, 0.05) is 25.2 Å². The normalized spacial score (nSPS) is 26.6. The molecule has 0 aliphatic carbocycles. The van der Waals surface area contributed by atoms with E-state index in [2.05, 4.69) is 11.9 Å². The van der Waals surface area contributed by atoms with E-state index >= 15 is 0 Å². The molecule has 0 aromatic heterocycles. The second-order valence-corrected chi connectivity index (χ2v) is 5.53. The van der Waals surface area contributed by atoms with Crippen LogP contribution in [0.5, 0.6) is 0 Å². The largest absolute Gasteiger partial charge is 0.392 e. The van der Waals surface area contributed by atoms with Gasteiger partial charge < -0.3 is 14.7 Å². The van der Waals surface area contributed by atoms with E-state index in [1.54, 1.807) is 12.1 Å². The molecule has 0 unspecified atom stereocenters. The van der Waals surface area contributed by atoms with Crippen molar-refractivity contribution >= 4 is 5.91 Å². The summed E-state index contributed by atoms with van der Waals surface area (Å²) in [6.07, 6.45) is 0.124. The third kappa shape index (κ3) is 2.44. The first-order valence-electron chi connectivity index (χ1n) is 7.00. The smallest absolute Gasteiger partial charge is 0.254 e. The number of hydrogen-bond acceptors (Lipinski definition) is 4. The molecule has 5 nitrogen and oxygen atoms in total. The summed E-state index contributed by atoms with van der Waals surface area (Å²) in [5, 5.41) is 9.16. The number of hydrogen-bond donors (Lipinski definition) is 1. The second kappa shape index (κ2) is 5.52. The highest BCUT2D eigenvalue weighted by Gasteiger charge is 2.40. The van der Waals surface area contributed by atoms with Gasteiger partial charge in [-0.3, -0.25) is 9.69 Å². The Morgan fingerprint density at radius 1 is 1.45 bits per heavy atom. The van der Waals surface area contributed by atoms with Crippen LogP contribution in [-0.2, 0) is 11.3 Å². The first-order valence-corrected chi connectivity index (χ1v) is 7.00. The summed E-state index contributed by atoms with van der Waals surface area (Å²) in [4.78, 5) is 16.7. The fourth-order valence-corrected chi connectivity index (χ4v) is 3.01. The molecular formula is C15H20N2O3. The lowest BCUT2D eigenvalue weighted by Crippen LogP contribution is -2.48. The van der Waals surface area contributed by atoms with Crippen LogP contribution in [-0.4, -0.2) is 66.2 Å². The third-order valence-electron chi connectivity index (χ3n) is 4.22. The molecule has 20 heavy (non-hydrogen) atoms. The van der Waals surface area contributed by atoms with Crippen LogP contribution >= 0.6 is 0 Å². The molecular weight excluding hydrogens is 256 g/mol. The minimum absolute atomic E-state index is 0.0201. The van der Waals surface area contributed by atoms with Crippen molar-refractivity contribution in [2.24, 2.45) is 0 Å². The number of carbonyl (C=O) groups excluding carboxylic acids is 1. The lowest BCUT2D eigenvalue weighted by atomic mass is 10.1. The Balaban J connectivity index is 1.75. The highest BCUT2D eigenvalue weighted by molar-refractivity contribution is 5.94. The van der Waals surface area contributed by atoms with Gasteiger partial charge in [-0.15, -0.1) is 0 Å². The average molecular weight is 276 g/mol. The van der Waals surface area contributed by atoms with Crippen LogP contribution in [0.3, 0.4) is 0 Å². The molecule has 1 amide bonds. The van der Waals surface area contributed by atoms with Crippen molar-refractivity contribution in [2.75, 3.05) is 33.3 Å². The van der Waals surface area contributed by atoms with Gasteiger partial charge in [0.2, 0.25) is 0 Å². The van der Waals surface area contributed by atoms with E-state index in [1.165, 1.54) is 0 Å². The van der Waals surface area contributed by atoms with E-state index in [4.69, 9.17) is 9.84 Å². The summed E-state index contributed by atoms with van der Waals surface area (Å²) in [5.74, 6) is 0.0201. The summed E-state index contributed by atoms with van der Waals surface area (Å²) >= 11 is 0. The Morgan fingerprint density at radius 2 is 2.30 bits per heavy atom. The molecule has 5 heteroatoms. The number of fused-ring (bicyclic) bond motifs is 1. The van der Waals surface area contributed by atoms with E-state index in [1.807, 2.05) is 17.0 Å². The molecule has 1 aromatic carbocycles. The van der Waals surface area contributed by atoms with Gasteiger partial charge in [-0.1, -0.05) is 12.1 Å². The van der Waals surface area contributed by atoms with Gasteiger partial charge in [0.25, 0.3) is 5.91 Å². The number of nitrogens with zero attached hydrogens (tertiary/aromatic N) is 2. The first kappa shape index (κ1) is 13.5. The van der Waals surface area contributed by atoms with Crippen LogP contribution in [0.15, 0.2) is 24.3 Å². The highest BCUT2D eigenvalue weighted by Crippen LogP contribution is 2.23. The summed E-state index contributed by atoms with van der Waals surface area (Å²) in [5.41, 5.74) is 1.40. The van der Waals surface area contributed by atoms with Gasteiger partial charge in [0.15, 0.2) is 0 Å². The molecule has 2 aliphatic rings. The number of aliphatic hydroxyl groups excluding tert-OH is 1. The monoisotopic (exact) mass is 276 g/mol. The average Bonchev–Trinajstić information content (AvgIpc) is 2.92. The summed E-state index contributed by atoms with van der Waals surface area (Å²) < 4.78 is 5.76. The minimum Gasteiger partial charge on any atom is -0.392 e. The van der Waals surface area contributed by atoms with Crippen molar-refractivity contribution in [3.8, 4) is 0 Å². The number of carbonyl (C=O) groups is 1. The van der Waals surface area contributed by atoms with Gasteiger partial charge in [-0.05, 0) is 24.7 Å². The van der Waals surface area contributed by atoms with Crippen molar-refractivity contribution in [1.82, 2.24) is 9.80 Å². The van der Waals surface area contributed by atoms with Crippen molar-refractivity contribution in [2.45, 2.75) is 18.8 Å². The Morgan fingerprint density at radius 3 is 3.05 bits per heavy atom. The van der Waals surface area contributed by atoms with Crippen LogP contribution in [0, 0.1) is 0 Å². The van der Waals surface area contributed by atoms with Crippen LogP contribution in [0.2, 0.25) is 0 Å². The molecule has 108 valence electrons. The zero-order valence-corrected chi connectivity index (χ0v) is 11.7. The van der Waals surface area contributed by atoms with Crippen molar-refractivity contribution in [3.05, 3.63) is 35.4 Å². The van der Waals surface area contributed by atoms with Crippen LogP contribution < -0.4 is 0 Å². The topological polar surface area (TPSA) is 53.0 Å². The van der Waals surface area contributed by atoms with E-state index in [-0.39, 0.29) is 18.6 Å².